The van der Waals surface area contributed by atoms with Gasteiger partial charge >= 0.3 is 0 Å². The van der Waals surface area contributed by atoms with Crippen LogP contribution in [0.4, 0.5) is 4.39 Å². The topological polar surface area (TPSA) is 26.0 Å². The highest BCUT2D eigenvalue weighted by Gasteiger charge is 2.16. The number of benzene rings is 1. The molecule has 0 amide bonds. The highest BCUT2D eigenvalue weighted by Crippen LogP contribution is 2.29. The van der Waals surface area contributed by atoms with Crippen LogP contribution >= 0.6 is 49.9 Å². The fraction of sp³-hybridized carbons (Fsp3) is 0.0909. The lowest BCUT2D eigenvalue weighted by Crippen LogP contribution is -2.12. The summed E-state index contributed by atoms with van der Waals surface area (Å²) in [5.74, 6) is -0.281. The quantitative estimate of drug-likeness (QED) is 0.732. The zero-order chi connectivity index (χ0) is 11.7. The molecule has 0 radical (unpaired) electrons. The predicted molar refractivity (Wildman–Crippen MR) is 77.2 cm³/mol. The molecule has 5 heteroatoms. The molecule has 1 heterocycles. The lowest BCUT2D eigenvalue weighted by Gasteiger charge is -2.12. The molecule has 0 saturated heterocycles. The Balaban J connectivity index is 2.41. The van der Waals surface area contributed by atoms with Crippen molar-refractivity contribution in [1.29, 1.82) is 0 Å². The summed E-state index contributed by atoms with van der Waals surface area (Å²) < 4.78 is 15.4. The summed E-state index contributed by atoms with van der Waals surface area (Å²) in [7, 11) is 0. The predicted octanol–water partition coefficient (Wildman–Crippen LogP) is 4.30. The van der Waals surface area contributed by atoms with E-state index in [-0.39, 0.29) is 5.82 Å². The number of hydrogen-bond acceptors (Lipinski definition) is 2. The minimum Gasteiger partial charge on any atom is -0.320 e. The molecular weight excluding hydrogens is 404 g/mol. The average Bonchev–Trinajstić information content (AvgIpc) is 2.68. The van der Waals surface area contributed by atoms with E-state index in [2.05, 4.69) is 38.5 Å². The second-order valence-electron chi connectivity index (χ2n) is 3.30. The van der Waals surface area contributed by atoms with Gasteiger partial charge in [-0.2, -0.15) is 0 Å². The molecule has 1 aromatic heterocycles. The molecule has 84 valence electrons. The van der Waals surface area contributed by atoms with Gasteiger partial charge in [0.05, 0.1) is 13.4 Å². The summed E-state index contributed by atoms with van der Waals surface area (Å²) >= 11 is 7.00. The van der Waals surface area contributed by atoms with E-state index in [1.165, 1.54) is 0 Å². The molecule has 1 atom stereocenters. The van der Waals surface area contributed by atoms with Gasteiger partial charge in [-0.05, 0) is 61.6 Å². The van der Waals surface area contributed by atoms with E-state index in [0.29, 0.717) is 10.0 Å². The summed E-state index contributed by atoms with van der Waals surface area (Å²) in [6.45, 7) is 0. The molecule has 0 fully saturated rings. The molecule has 0 aliphatic carbocycles. The Morgan fingerprint density at radius 2 is 2.19 bits per heavy atom. The Bertz CT molecular complexity index is 514. The van der Waals surface area contributed by atoms with Crippen molar-refractivity contribution in [2.75, 3.05) is 0 Å². The van der Waals surface area contributed by atoms with Crippen molar-refractivity contribution in [2.24, 2.45) is 5.73 Å². The van der Waals surface area contributed by atoms with Gasteiger partial charge in [-0.3, -0.25) is 0 Å². The van der Waals surface area contributed by atoms with Gasteiger partial charge in [0, 0.05) is 5.56 Å². The van der Waals surface area contributed by atoms with Gasteiger partial charge in [0.25, 0.3) is 0 Å². The molecule has 0 saturated carbocycles. The molecule has 2 aromatic rings. The maximum Gasteiger partial charge on any atom is 0.142 e. The van der Waals surface area contributed by atoms with Crippen LogP contribution in [-0.4, -0.2) is 0 Å². The monoisotopic (exact) mass is 411 g/mol. The van der Waals surface area contributed by atoms with Crippen molar-refractivity contribution in [3.05, 3.63) is 53.9 Å². The van der Waals surface area contributed by atoms with Gasteiger partial charge in [-0.25, -0.2) is 4.39 Å². The first-order chi connectivity index (χ1) is 7.59. The first-order valence-electron chi connectivity index (χ1n) is 4.53. The van der Waals surface area contributed by atoms with Crippen molar-refractivity contribution in [1.82, 2.24) is 0 Å². The van der Waals surface area contributed by atoms with Crippen LogP contribution in [0.15, 0.2) is 34.1 Å². The number of hydrogen-bond donors (Lipinski definition) is 1. The van der Waals surface area contributed by atoms with Gasteiger partial charge in [-0.15, -0.1) is 11.3 Å². The number of thiophene rings is 1. The normalized spacial score (nSPS) is 12.8. The third-order valence-electron chi connectivity index (χ3n) is 2.26. The summed E-state index contributed by atoms with van der Waals surface area (Å²) in [5.41, 5.74) is 7.51. The molecule has 0 spiro atoms. The number of nitrogens with two attached hydrogens (primary N) is 1. The minimum atomic E-state index is -0.405. The van der Waals surface area contributed by atoms with Crippen LogP contribution in [0.5, 0.6) is 0 Å². The first-order valence-corrected chi connectivity index (χ1v) is 7.28. The van der Waals surface area contributed by atoms with Crippen LogP contribution in [0.3, 0.4) is 0 Å². The van der Waals surface area contributed by atoms with E-state index in [1.807, 2.05) is 11.4 Å². The van der Waals surface area contributed by atoms with E-state index in [9.17, 15) is 4.39 Å². The summed E-state index contributed by atoms with van der Waals surface area (Å²) in [6, 6.07) is 6.76. The first kappa shape index (κ1) is 12.5. The maximum absolute atomic E-state index is 13.8. The van der Waals surface area contributed by atoms with Crippen LogP contribution in [0.2, 0.25) is 0 Å². The lowest BCUT2D eigenvalue weighted by molar-refractivity contribution is 0.593. The molecule has 0 aliphatic heterocycles. The van der Waals surface area contributed by atoms with Crippen LogP contribution in [0, 0.1) is 8.70 Å². The minimum absolute atomic E-state index is 0.281. The molecule has 2 rings (SSSR count). The van der Waals surface area contributed by atoms with Crippen LogP contribution < -0.4 is 5.73 Å². The fourth-order valence-corrected chi connectivity index (χ4v) is 3.22. The van der Waals surface area contributed by atoms with Crippen molar-refractivity contribution in [2.45, 2.75) is 6.04 Å². The molecular formula is C11H8BrFINS. The Hall–Kier alpha value is 0.0200. The van der Waals surface area contributed by atoms with Gasteiger partial charge in [0.2, 0.25) is 0 Å². The Morgan fingerprint density at radius 1 is 1.44 bits per heavy atom. The van der Waals surface area contributed by atoms with Gasteiger partial charge in [0.15, 0.2) is 0 Å². The maximum atomic E-state index is 13.8. The molecule has 1 nitrogen and oxygen atoms in total. The molecule has 1 aromatic carbocycles. The van der Waals surface area contributed by atoms with E-state index in [1.54, 1.807) is 29.5 Å². The zero-order valence-corrected chi connectivity index (χ0v) is 12.6. The summed E-state index contributed by atoms with van der Waals surface area (Å²) in [6.07, 6.45) is 0. The Morgan fingerprint density at radius 3 is 2.81 bits per heavy atom. The third-order valence-corrected chi connectivity index (χ3v) is 4.68. The Kier molecular flexibility index (Phi) is 3.99. The molecule has 0 bridgehead atoms. The van der Waals surface area contributed by atoms with Crippen molar-refractivity contribution < 1.29 is 4.39 Å². The second kappa shape index (κ2) is 5.12. The van der Waals surface area contributed by atoms with Crippen LogP contribution in [0.1, 0.15) is 17.2 Å². The average molecular weight is 412 g/mol. The second-order valence-corrected chi connectivity index (χ2v) is 6.96. The van der Waals surface area contributed by atoms with E-state index in [0.717, 1.165) is 8.45 Å². The zero-order valence-electron chi connectivity index (χ0n) is 8.08. The highest BCUT2D eigenvalue weighted by molar-refractivity contribution is 14.1. The standard InChI is InChI=1S/C11H8BrFINS/c12-8-3-1-2-7(10(8)13)11(15)6-4-9(14)16-5-6/h1-5,11H,15H2. The van der Waals surface area contributed by atoms with E-state index in [4.69, 9.17) is 5.73 Å². The molecule has 1 unspecified atom stereocenters. The van der Waals surface area contributed by atoms with E-state index < -0.39 is 6.04 Å². The van der Waals surface area contributed by atoms with Gasteiger partial charge in [-0.1, -0.05) is 12.1 Å². The highest BCUT2D eigenvalue weighted by atomic mass is 127. The molecule has 2 N–H and O–H groups in total. The van der Waals surface area contributed by atoms with Crippen molar-refractivity contribution in [3.63, 3.8) is 0 Å². The summed E-state index contributed by atoms with van der Waals surface area (Å²) in [5, 5.41) is 1.97. The largest absolute Gasteiger partial charge is 0.320 e. The summed E-state index contributed by atoms with van der Waals surface area (Å²) in [4.78, 5) is 0. The van der Waals surface area contributed by atoms with Crippen LogP contribution in [-0.2, 0) is 0 Å². The smallest absolute Gasteiger partial charge is 0.142 e. The number of rotatable bonds is 2. The van der Waals surface area contributed by atoms with Crippen LogP contribution in [0.25, 0.3) is 0 Å². The lowest BCUT2D eigenvalue weighted by atomic mass is 10.0. The van der Waals surface area contributed by atoms with E-state index >= 15 is 0 Å². The number of halogens is 3. The van der Waals surface area contributed by atoms with Gasteiger partial charge < -0.3 is 5.73 Å². The van der Waals surface area contributed by atoms with Gasteiger partial charge in [0.1, 0.15) is 5.82 Å². The Labute approximate surface area is 119 Å². The third kappa shape index (κ3) is 2.47. The van der Waals surface area contributed by atoms with Crippen molar-refractivity contribution in [3.8, 4) is 0 Å². The molecule has 0 aliphatic rings. The molecule has 16 heavy (non-hydrogen) atoms. The fourth-order valence-electron chi connectivity index (χ4n) is 1.43. The SMILES string of the molecule is NC(c1csc(I)c1)c1cccc(Br)c1F. The van der Waals surface area contributed by atoms with Crippen molar-refractivity contribution >= 4 is 49.9 Å².